The molecule has 0 aliphatic heterocycles. The molecule has 1 aromatic carbocycles. The third-order valence-corrected chi connectivity index (χ3v) is 4.35. The Morgan fingerprint density at radius 3 is 2.44 bits per heavy atom. The minimum Gasteiger partial charge on any atom is -0.389 e. The fourth-order valence-electron chi connectivity index (χ4n) is 1.64. The summed E-state index contributed by atoms with van der Waals surface area (Å²) in [4.78, 5) is 0. The lowest BCUT2D eigenvalue weighted by Gasteiger charge is -2.19. The van der Waals surface area contributed by atoms with Crippen molar-refractivity contribution in [2.45, 2.75) is 26.9 Å². The second-order valence-corrected chi connectivity index (χ2v) is 5.66. The molecule has 0 aliphatic rings. The molecule has 0 saturated heterocycles. The number of benzene rings is 1. The van der Waals surface area contributed by atoms with Crippen molar-refractivity contribution in [3.05, 3.63) is 29.8 Å². The normalized spacial score (nSPS) is 13.6. The molecule has 2 N–H and O–H groups in total. The summed E-state index contributed by atoms with van der Waals surface area (Å²) in [5.41, 5.74) is 1.13. The maximum Gasteiger partial charge on any atom is 0.301 e. The van der Waals surface area contributed by atoms with Gasteiger partial charge in [-0.05, 0) is 24.6 Å². The zero-order chi connectivity index (χ0) is 13.8. The minimum absolute atomic E-state index is 0.419. The number of aliphatic hydroxyl groups excluding tert-OH is 1. The van der Waals surface area contributed by atoms with Gasteiger partial charge in [0.1, 0.15) is 0 Å². The molecule has 1 atom stereocenters. The standard InChI is InChI=1S/C12H20N2O3S/c1-4-14(5-2)18(16,17)13-12-8-6-7-11(9-12)10(3)15/h6-10,13,15H,4-5H2,1-3H3. The predicted molar refractivity (Wildman–Crippen MR) is 72.5 cm³/mol. The van der Waals surface area contributed by atoms with Crippen LogP contribution in [-0.4, -0.2) is 30.9 Å². The second kappa shape index (κ2) is 6.17. The van der Waals surface area contributed by atoms with Gasteiger partial charge in [0.15, 0.2) is 0 Å². The highest BCUT2D eigenvalue weighted by molar-refractivity contribution is 7.90. The van der Waals surface area contributed by atoms with Crippen LogP contribution in [0, 0.1) is 0 Å². The molecule has 0 aromatic heterocycles. The smallest absolute Gasteiger partial charge is 0.301 e. The lowest BCUT2D eigenvalue weighted by atomic mass is 10.1. The Balaban J connectivity index is 2.94. The Morgan fingerprint density at radius 1 is 1.33 bits per heavy atom. The van der Waals surface area contributed by atoms with Crippen molar-refractivity contribution < 1.29 is 13.5 Å². The van der Waals surface area contributed by atoms with Crippen LogP contribution < -0.4 is 4.72 Å². The van der Waals surface area contributed by atoms with Crippen LogP contribution in [0.3, 0.4) is 0 Å². The number of aliphatic hydroxyl groups is 1. The summed E-state index contributed by atoms with van der Waals surface area (Å²) < 4.78 is 27.8. The Labute approximate surface area is 109 Å². The van der Waals surface area contributed by atoms with Crippen molar-refractivity contribution in [2.24, 2.45) is 0 Å². The molecule has 0 fully saturated rings. The highest BCUT2D eigenvalue weighted by atomic mass is 32.2. The first-order chi connectivity index (χ1) is 8.40. The van der Waals surface area contributed by atoms with E-state index in [2.05, 4.69) is 4.72 Å². The molecule has 0 radical (unpaired) electrons. The van der Waals surface area contributed by atoms with Crippen LogP contribution in [0.15, 0.2) is 24.3 Å². The summed E-state index contributed by atoms with van der Waals surface area (Å²) in [5, 5.41) is 9.46. The average Bonchev–Trinajstić information content (AvgIpc) is 2.29. The van der Waals surface area contributed by atoms with E-state index >= 15 is 0 Å². The number of hydrogen-bond acceptors (Lipinski definition) is 3. The fraction of sp³-hybridized carbons (Fsp3) is 0.500. The van der Waals surface area contributed by atoms with Crippen molar-refractivity contribution in [3.63, 3.8) is 0 Å². The number of hydrogen-bond donors (Lipinski definition) is 2. The summed E-state index contributed by atoms with van der Waals surface area (Å²) in [6, 6.07) is 6.75. The van der Waals surface area contributed by atoms with E-state index in [9.17, 15) is 13.5 Å². The van der Waals surface area contributed by atoms with Gasteiger partial charge in [-0.15, -0.1) is 0 Å². The van der Waals surface area contributed by atoms with Gasteiger partial charge >= 0.3 is 10.2 Å². The molecule has 0 spiro atoms. The van der Waals surface area contributed by atoms with Gasteiger partial charge in [0.25, 0.3) is 0 Å². The van der Waals surface area contributed by atoms with E-state index in [-0.39, 0.29) is 0 Å². The van der Waals surface area contributed by atoms with E-state index in [1.165, 1.54) is 4.31 Å². The van der Waals surface area contributed by atoms with Crippen LogP contribution >= 0.6 is 0 Å². The van der Waals surface area contributed by atoms with Crippen molar-refractivity contribution in [2.75, 3.05) is 17.8 Å². The Hall–Kier alpha value is -1.11. The molecule has 18 heavy (non-hydrogen) atoms. The molecule has 0 bridgehead atoms. The van der Waals surface area contributed by atoms with Gasteiger partial charge in [-0.1, -0.05) is 26.0 Å². The Morgan fingerprint density at radius 2 is 1.94 bits per heavy atom. The van der Waals surface area contributed by atoms with Crippen molar-refractivity contribution >= 4 is 15.9 Å². The van der Waals surface area contributed by atoms with E-state index in [0.717, 1.165) is 0 Å². The summed E-state index contributed by atoms with van der Waals surface area (Å²) in [6.07, 6.45) is -0.622. The number of nitrogens with zero attached hydrogens (tertiary/aromatic N) is 1. The zero-order valence-corrected chi connectivity index (χ0v) is 11.7. The maximum atomic E-state index is 12.0. The Bertz CT molecular complexity index is 482. The van der Waals surface area contributed by atoms with E-state index in [1.807, 2.05) is 0 Å². The molecular formula is C12H20N2O3S. The topological polar surface area (TPSA) is 69.6 Å². The first kappa shape index (κ1) is 14.9. The molecule has 0 saturated carbocycles. The molecule has 0 amide bonds. The minimum atomic E-state index is -3.52. The van der Waals surface area contributed by atoms with Gasteiger partial charge < -0.3 is 5.11 Å². The highest BCUT2D eigenvalue weighted by Gasteiger charge is 2.18. The van der Waals surface area contributed by atoms with Crippen LogP contribution in [-0.2, 0) is 10.2 Å². The number of nitrogens with one attached hydrogen (secondary N) is 1. The van der Waals surface area contributed by atoms with E-state index < -0.39 is 16.3 Å². The van der Waals surface area contributed by atoms with Crippen molar-refractivity contribution in [1.82, 2.24) is 4.31 Å². The summed E-state index contributed by atoms with van der Waals surface area (Å²) in [7, 11) is -3.52. The van der Waals surface area contributed by atoms with E-state index in [0.29, 0.717) is 24.3 Å². The van der Waals surface area contributed by atoms with E-state index in [4.69, 9.17) is 0 Å². The van der Waals surface area contributed by atoms with Gasteiger partial charge in [0.05, 0.1) is 11.8 Å². The molecule has 1 rings (SSSR count). The molecule has 0 aliphatic carbocycles. The third-order valence-electron chi connectivity index (χ3n) is 2.66. The van der Waals surface area contributed by atoms with Crippen LogP contribution in [0.25, 0.3) is 0 Å². The largest absolute Gasteiger partial charge is 0.389 e. The van der Waals surface area contributed by atoms with E-state index in [1.54, 1.807) is 45.0 Å². The summed E-state index contributed by atoms with van der Waals surface area (Å²) in [6.45, 7) is 6.05. The molecule has 6 heteroatoms. The van der Waals surface area contributed by atoms with Gasteiger partial charge in [-0.25, -0.2) is 0 Å². The SMILES string of the molecule is CCN(CC)S(=O)(=O)Nc1cccc(C(C)O)c1. The highest BCUT2D eigenvalue weighted by Crippen LogP contribution is 2.18. The second-order valence-electron chi connectivity index (χ2n) is 3.99. The molecule has 1 aromatic rings. The zero-order valence-electron chi connectivity index (χ0n) is 10.9. The van der Waals surface area contributed by atoms with Gasteiger partial charge in [-0.3, -0.25) is 4.72 Å². The van der Waals surface area contributed by atoms with Crippen LogP contribution in [0.2, 0.25) is 0 Å². The van der Waals surface area contributed by atoms with Crippen molar-refractivity contribution in [3.8, 4) is 0 Å². The first-order valence-electron chi connectivity index (χ1n) is 5.96. The lowest BCUT2D eigenvalue weighted by molar-refractivity contribution is 0.199. The first-order valence-corrected chi connectivity index (χ1v) is 7.40. The molecule has 102 valence electrons. The van der Waals surface area contributed by atoms with Crippen LogP contribution in [0.4, 0.5) is 5.69 Å². The Kier molecular flexibility index (Phi) is 5.13. The van der Waals surface area contributed by atoms with Gasteiger partial charge in [0.2, 0.25) is 0 Å². The summed E-state index contributed by atoms with van der Waals surface area (Å²) in [5.74, 6) is 0. The van der Waals surface area contributed by atoms with Crippen LogP contribution in [0.5, 0.6) is 0 Å². The monoisotopic (exact) mass is 272 g/mol. The average molecular weight is 272 g/mol. The van der Waals surface area contributed by atoms with Gasteiger partial charge in [0, 0.05) is 13.1 Å². The summed E-state index contributed by atoms with van der Waals surface area (Å²) >= 11 is 0. The molecule has 5 nitrogen and oxygen atoms in total. The maximum absolute atomic E-state index is 12.0. The number of rotatable bonds is 6. The van der Waals surface area contributed by atoms with Crippen LogP contribution in [0.1, 0.15) is 32.4 Å². The lowest BCUT2D eigenvalue weighted by Crippen LogP contribution is -2.35. The van der Waals surface area contributed by atoms with Crippen molar-refractivity contribution in [1.29, 1.82) is 0 Å². The predicted octanol–water partition coefficient (Wildman–Crippen LogP) is 1.74. The number of anilines is 1. The molecular weight excluding hydrogens is 252 g/mol. The third kappa shape index (κ3) is 3.69. The fourth-order valence-corrected chi connectivity index (χ4v) is 2.87. The van der Waals surface area contributed by atoms with Gasteiger partial charge in [-0.2, -0.15) is 12.7 Å². The molecule has 1 unspecified atom stereocenters. The quantitative estimate of drug-likeness (QED) is 0.828. The molecule has 0 heterocycles.